The fourth-order valence-corrected chi connectivity index (χ4v) is 5.67. The summed E-state index contributed by atoms with van der Waals surface area (Å²) in [4.78, 5) is 12.8. The van der Waals surface area contributed by atoms with Crippen LogP contribution in [0.1, 0.15) is 37.0 Å². The molecular formula is C22H24N4O6S2. The summed E-state index contributed by atoms with van der Waals surface area (Å²) in [5, 5.41) is 9.61. The smallest absolute Gasteiger partial charge is 0.322 e. The minimum Gasteiger partial charge on any atom is -0.403 e. The minimum absolute atomic E-state index is 0.0375. The molecule has 34 heavy (non-hydrogen) atoms. The Bertz CT molecular complexity index is 1410. The Morgan fingerprint density at radius 1 is 0.971 bits per heavy atom. The van der Waals surface area contributed by atoms with E-state index in [9.17, 15) is 21.6 Å². The van der Waals surface area contributed by atoms with E-state index in [1.807, 2.05) is 0 Å². The zero-order chi connectivity index (χ0) is 24.7. The van der Waals surface area contributed by atoms with E-state index in [0.29, 0.717) is 5.56 Å². The fraction of sp³-hybridized carbons (Fsp3) is 0.318. The average molecular weight is 505 g/mol. The van der Waals surface area contributed by atoms with Crippen LogP contribution in [0, 0.1) is 0 Å². The Kier molecular flexibility index (Phi) is 6.32. The first-order valence-electron chi connectivity index (χ1n) is 10.6. The first-order chi connectivity index (χ1) is 16.0. The first kappa shape index (κ1) is 24.0. The lowest BCUT2D eigenvalue weighted by Gasteiger charge is -2.16. The van der Waals surface area contributed by atoms with E-state index in [-0.39, 0.29) is 33.3 Å². The highest BCUT2D eigenvalue weighted by Gasteiger charge is 2.35. The van der Waals surface area contributed by atoms with Gasteiger partial charge in [0.15, 0.2) is 9.84 Å². The van der Waals surface area contributed by atoms with E-state index >= 15 is 0 Å². The molecule has 2 aromatic carbocycles. The van der Waals surface area contributed by atoms with Crippen molar-refractivity contribution in [3.8, 4) is 11.5 Å². The molecule has 0 radical (unpaired) electrons. The SMILES string of the molecule is CC(C)S(=O)(=O)c1ccc(-c2nnc(NC(=O)c3ccc(S(=O)(=O)N(C)C4CC4)cc3)o2)cc1. The van der Waals surface area contributed by atoms with Gasteiger partial charge in [0, 0.05) is 24.2 Å². The van der Waals surface area contributed by atoms with Crippen molar-refractivity contribution in [3.63, 3.8) is 0 Å². The summed E-state index contributed by atoms with van der Waals surface area (Å²) in [6.07, 6.45) is 1.70. The topological polar surface area (TPSA) is 140 Å². The number of nitrogens with zero attached hydrogens (tertiary/aromatic N) is 3. The molecule has 180 valence electrons. The first-order valence-corrected chi connectivity index (χ1v) is 13.6. The van der Waals surface area contributed by atoms with Gasteiger partial charge in [0.1, 0.15) is 0 Å². The van der Waals surface area contributed by atoms with Gasteiger partial charge in [-0.25, -0.2) is 16.8 Å². The molecule has 1 aromatic heterocycles. The second kappa shape index (κ2) is 8.93. The third kappa shape index (κ3) is 4.74. The predicted octanol–water partition coefficient (Wildman–Crippen LogP) is 2.95. The second-order valence-corrected chi connectivity index (χ2v) is 12.8. The van der Waals surface area contributed by atoms with Crippen LogP contribution < -0.4 is 5.32 Å². The highest BCUT2D eigenvalue weighted by Crippen LogP contribution is 2.30. The lowest BCUT2D eigenvalue weighted by molar-refractivity contribution is 0.102. The number of carbonyl (C=O) groups is 1. The monoisotopic (exact) mass is 504 g/mol. The molecule has 1 fully saturated rings. The maximum absolute atomic E-state index is 12.6. The molecule has 1 saturated carbocycles. The highest BCUT2D eigenvalue weighted by molar-refractivity contribution is 7.92. The molecule has 0 bridgehead atoms. The molecule has 0 unspecified atom stereocenters. The van der Waals surface area contributed by atoms with Gasteiger partial charge in [0.05, 0.1) is 15.0 Å². The van der Waals surface area contributed by atoms with Crippen LogP contribution in [-0.4, -0.2) is 55.6 Å². The standard InChI is InChI=1S/C22H24N4O6S2/c1-14(2)33(28,29)18-10-6-16(7-11-18)21-24-25-22(32-21)23-20(27)15-4-12-19(13-5-15)34(30,31)26(3)17-8-9-17/h4-7,10-14,17H,8-9H2,1-3H3,(H,23,25,27). The Morgan fingerprint density at radius 3 is 2.12 bits per heavy atom. The highest BCUT2D eigenvalue weighted by atomic mass is 32.2. The van der Waals surface area contributed by atoms with Gasteiger partial charge < -0.3 is 4.42 Å². The van der Waals surface area contributed by atoms with Gasteiger partial charge >= 0.3 is 6.01 Å². The molecule has 1 amide bonds. The largest absolute Gasteiger partial charge is 0.403 e. The molecule has 1 N–H and O–H groups in total. The van der Waals surface area contributed by atoms with Crippen molar-refractivity contribution < 1.29 is 26.0 Å². The lowest BCUT2D eigenvalue weighted by Crippen LogP contribution is -2.29. The number of hydrogen-bond donors (Lipinski definition) is 1. The van der Waals surface area contributed by atoms with Crippen molar-refractivity contribution in [1.82, 2.24) is 14.5 Å². The van der Waals surface area contributed by atoms with E-state index in [4.69, 9.17) is 4.42 Å². The van der Waals surface area contributed by atoms with Crippen molar-refractivity contribution in [2.75, 3.05) is 12.4 Å². The third-order valence-electron chi connectivity index (χ3n) is 5.55. The summed E-state index contributed by atoms with van der Waals surface area (Å²) < 4.78 is 56.5. The number of benzene rings is 2. The average Bonchev–Trinajstić information content (AvgIpc) is 3.57. The molecular weight excluding hydrogens is 480 g/mol. The van der Waals surface area contributed by atoms with Gasteiger partial charge in [0.2, 0.25) is 15.9 Å². The maximum Gasteiger partial charge on any atom is 0.322 e. The van der Waals surface area contributed by atoms with Crippen molar-refractivity contribution in [1.29, 1.82) is 0 Å². The van der Waals surface area contributed by atoms with Crippen molar-refractivity contribution in [2.24, 2.45) is 0 Å². The van der Waals surface area contributed by atoms with Crippen molar-refractivity contribution in [3.05, 3.63) is 54.1 Å². The minimum atomic E-state index is -3.60. The van der Waals surface area contributed by atoms with E-state index in [0.717, 1.165) is 12.8 Å². The number of carbonyl (C=O) groups excluding carboxylic acids is 1. The van der Waals surface area contributed by atoms with Crippen molar-refractivity contribution in [2.45, 2.75) is 47.8 Å². The van der Waals surface area contributed by atoms with Gasteiger partial charge in [-0.1, -0.05) is 5.10 Å². The molecule has 0 aliphatic heterocycles. The second-order valence-electron chi connectivity index (χ2n) is 8.26. The van der Waals surface area contributed by atoms with Gasteiger partial charge in [-0.3, -0.25) is 10.1 Å². The van der Waals surface area contributed by atoms with E-state index in [1.165, 1.54) is 40.7 Å². The number of anilines is 1. The molecule has 12 heteroatoms. The van der Waals surface area contributed by atoms with Gasteiger partial charge in [-0.15, -0.1) is 5.10 Å². The molecule has 0 spiro atoms. The summed E-state index contributed by atoms with van der Waals surface area (Å²) in [5.41, 5.74) is 0.709. The van der Waals surface area contributed by atoms with Crippen LogP contribution in [-0.2, 0) is 19.9 Å². The van der Waals surface area contributed by atoms with Crippen LogP contribution in [0.3, 0.4) is 0 Å². The Labute approximate surface area is 198 Å². The van der Waals surface area contributed by atoms with E-state index in [1.54, 1.807) is 33.0 Å². The third-order valence-corrected chi connectivity index (χ3v) is 9.65. The Morgan fingerprint density at radius 2 is 1.56 bits per heavy atom. The summed E-state index contributed by atoms with van der Waals surface area (Å²) >= 11 is 0. The van der Waals surface area contributed by atoms with Crippen LogP contribution in [0.25, 0.3) is 11.5 Å². The zero-order valence-corrected chi connectivity index (χ0v) is 20.4. The molecule has 0 saturated heterocycles. The number of rotatable bonds is 8. The Balaban J connectivity index is 1.44. The van der Waals surface area contributed by atoms with Gasteiger partial charge in [-0.05, 0) is 75.2 Å². The fourth-order valence-electron chi connectivity index (χ4n) is 3.20. The predicted molar refractivity (Wildman–Crippen MR) is 124 cm³/mol. The summed E-state index contributed by atoms with van der Waals surface area (Å²) in [6.45, 7) is 3.21. The zero-order valence-electron chi connectivity index (χ0n) is 18.8. The lowest BCUT2D eigenvalue weighted by atomic mass is 10.2. The molecule has 0 atom stereocenters. The van der Waals surface area contributed by atoms with Crippen LogP contribution in [0.15, 0.2) is 62.7 Å². The molecule has 1 heterocycles. The number of hydrogen-bond acceptors (Lipinski definition) is 8. The van der Waals surface area contributed by atoms with Crippen LogP contribution in [0.2, 0.25) is 0 Å². The quantitative estimate of drug-likeness (QED) is 0.494. The van der Waals surface area contributed by atoms with Crippen molar-refractivity contribution >= 4 is 31.8 Å². The normalized spacial score (nSPS) is 14.5. The summed E-state index contributed by atoms with van der Waals surface area (Å²) in [7, 11) is -5.45. The van der Waals surface area contributed by atoms with Gasteiger partial charge in [0.25, 0.3) is 5.91 Å². The maximum atomic E-state index is 12.6. The molecule has 10 nitrogen and oxygen atoms in total. The number of nitrogens with one attached hydrogen (secondary N) is 1. The number of sulfonamides is 1. The van der Waals surface area contributed by atoms with Crippen LogP contribution in [0.5, 0.6) is 0 Å². The molecule has 1 aliphatic rings. The summed E-state index contributed by atoms with van der Waals surface area (Å²) in [5.74, 6) is -0.443. The molecule has 3 aromatic rings. The van der Waals surface area contributed by atoms with Crippen LogP contribution in [0.4, 0.5) is 6.01 Å². The number of aromatic nitrogens is 2. The van der Waals surface area contributed by atoms with Crippen LogP contribution >= 0.6 is 0 Å². The summed E-state index contributed by atoms with van der Waals surface area (Å²) in [6, 6.07) is 11.5. The van der Waals surface area contributed by atoms with Gasteiger partial charge in [-0.2, -0.15) is 4.31 Å². The number of amides is 1. The molecule has 4 rings (SSSR count). The number of sulfone groups is 1. The Hall–Kier alpha value is -3.09. The van der Waals surface area contributed by atoms with E-state index in [2.05, 4.69) is 15.5 Å². The molecule has 1 aliphatic carbocycles. The van der Waals surface area contributed by atoms with E-state index < -0.39 is 31.0 Å².